The van der Waals surface area contributed by atoms with Crippen LogP contribution in [-0.2, 0) is 14.3 Å². The van der Waals surface area contributed by atoms with Crippen LogP contribution in [0.15, 0.2) is 12.1 Å². The number of likely N-dealkylation sites (tertiary alicyclic amines) is 1. The smallest absolute Gasteiger partial charge is 0.310 e. The molecule has 1 aliphatic heterocycles. The van der Waals surface area contributed by atoms with Gasteiger partial charge in [0, 0.05) is 18.7 Å². The topological polar surface area (TPSA) is 108 Å². The third-order valence-electron chi connectivity index (χ3n) is 4.08. The molecule has 2 N–H and O–H groups in total. The van der Waals surface area contributed by atoms with Gasteiger partial charge in [-0.3, -0.25) is 14.4 Å². The highest BCUT2D eigenvalue weighted by atomic mass is 35.5. The molecule has 1 aromatic rings. The standard InChI is InChI=1S/C17H21ClN2O6/c1-24-13-7-11(6-12(18)15(13)26-9-14(19)21)16(22)20-5-3-4-10(8-20)17(23)25-2/h6-7,10H,3-5,8-9H2,1-2H3,(H2,19,21). The number of hydrogen-bond acceptors (Lipinski definition) is 6. The average Bonchev–Trinajstić information content (AvgIpc) is 2.65. The fraction of sp³-hybridized carbons (Fsp3) is 0.471. The maximum Gasteiger partial charge on any atom is 0.310 e. The van der Waals surface area contributed by atoms with Crippen molar-refractivity contribution in [2.75, 3.05) is 33.9 Å². The number of nitrogens with two attached hydrogens (primary N) is 1. The minimum absolute atomic E-state index is 0.121. The highest BCUT2D eigenvalue weighted by Crippen LogP contribution is 2.37. The molecule has 1 heterocycles. The normalized spacial score (nSPS) is 16.7. The summed E-state index contributed by atoms with van der Waals surface area (Å²) < 4.78 is 15.2. The first kappa shape index (κ1) is 19.8. The van der Waals surface area contributed by atoms with E-state index in [1.54, 1.807) is 4.90 Å². The van der Waals surface area contributed by atoms with E-state index in [1.165, 1.54) is 26.4 Å². The summed E-state index contributed by atoms with van der Waals surface area (Å²) in [5.41, 5.74) is 5.36. The Hall–Kier alpha value is -2.48. The van der Waals surface area contributed by atoms with Gasteiger partial charge in [-0.1, -0.05) is 11.6 Å². The van der Waals surface area contributed by atoms with E-state index in [-0.39, 0.29) is 47.5 Å². The molecular formula is C17H21ClN2O6. The molecule has 0 saturated carbocycles. The zero-order chi connectivity index (χ0) is 19.3. The lowest BCUT2D eigenvalue weighted by Crippen LogP contribution is -2.42. The Kier molecular flexibility index (Phi) is 6.68. The first-order valence-corrected chi connectivity index (χ1v) is 8.41. The highest BCUT2D eigenvalue weighted by molar-refractivity contribution is 6.32. The number of benzene rings is 1. The molecule has 1 unspecified atom stereocenters. The van der Waals surface area contributed by atoms with Crippen molar-refractivity contribution in [1.82, 2.24) is 4.90 Å². The molecule has 0 radical (unpaired) electrons. The summed E-state index contributed by atoms with van der Waals surface area (Å²) in [5.74, 6) is -1.26. The quantitative estimate of drug-likeness (QED) is 0.739. The second-order valence-corrected chi connectivity index (χ2v) is 6.27. The number of amides is 2. The van der Waals surface area contributed by atoms with Crippen LogP contribution in [0, 0.1) is 5.92 Å². The fourth-order valence-electron chi connectivity index (χ4n) is 2.83. The lowest BCUT2D eigenvalue weighted by Gasteiger charge is -2.31. The van der Waals surface area contributed by atoms with Crippen LogP contribution in [-0.4, -0.2) is 56.6 Å². The molecule has 1 atom stereocenters. The first-order valence-electron chi connectivity index (χ1n) is 8.03. The Morgan fingerprint density at radius 2 is 2.04 bits per heavy atom. The number of carbonyl (C=O) groups is 3. The predicted molar refractivity (Wildman–Crippen MR) is 93.3 cm³/mol. The molecule has 9 heteroatoms. The fourth-order valence-corrected chi connectivity index (χ4v) is 3.10. The summed E-state index contributed by atoms with van der Waals surface area (Å²) in [6.45, 7) is 0.452. The van der Waals surface area contributed by atoms with Gasteiger partial charge in [0.25, 0.3) is 11.8 Å². The van der Waals surface area contributed by atoms with Gasteiger partial charge in [-0.05, 0) is 25.0 Å². The lowest BCUT2D eigenvalue weighted by atomic mass is 9.97. The number of methoxy groups -OCH3 is 2. The number of esters is 1. The van der Waals surface area contributed by atoms with Crippen molar-refractivity contribution in [2.24, 2.45) is 11.7 Å². The van der Waals surface area contributed by atoms with Crippen LogP contribution in [0.25, 0.3) is 0 Å². The van der Waals surface area contributed by atoms with Crippen molar-refractivity contribution in [2.45, 2.75) is 12.8 Å². The van der Waals surface area contributed by atoms with E-state index in [2.05, 4.69) is 0 Å². The molecule has 2 amide bonds. The zero-order valence-electron chi connectivity index (χ0n) is 14.6. The molecule has 1 saturated heterocycles. The number of rotatable bonds is 6. The molecule has 26 heavy (non-hydrogen) atoms. The SMILES string of the molecule is COC(=O)C1CCCN(C(=O)c2cc(Cl)c(OCC(N)=O)c(OC)c2)C1. The molecule has 2 rings (SSSR count). The van der Waals surface area contributed by atoms with Crippen LogP contribution < -0.4 is 15.2 Å². The number of carbonyl (C=O) groups excluding carboxylic acids is 3. The van der Waals surface area contributed by atoms with Gasteiger partial charge in [-0.15, -0.1) is 0 Å². The maximum absolute atomic E-state index is 12.8. The molecule has 1 aromatic carbocycles. The van der Waals surface area contributed by atoms with E-state index in [0.29, 0.717) is 24.9 Å². The summed E-state index contributed by atoms with van der Waals surface area (Å²) in [6, 6.07) is 2.91. The van der Waals surface area contributed by atoms with Gasteiger partial charge in [0.15, 0.2) is 18.1 Å². The second kappa shape index (κ2) is 8.75. The molecule has 0 bridgehead atoms. The van der Waals surface area contributed by atoms with Crippen molar-refractivity contribution in [3.63, 3.8) is 0 Å². The third kappa shape index (κ3) is 4.57. The third-order valence-corrected chi connectivity index (χ3v) is 4.36. The van der Waals surface area contributed by atoms with Gasteiger partial charge in [0.1, 0.15) is 0 Å². The van der Waals surface area contributed by atoms with Gasteiger partial charge < -0.3 is 24.8 Å². The van der Waals surface area contributed by atoms with Crippen molar-refractivity contribution < 1.29 is 28.6 Å². The average molecular weight is 385 g/mol. The Morgan fingerprint density at radius 3 is 2.65 bits per heavy atom. The van der Waals surface area contributed by atoms with Crippen LogP contribution in [0.5, 0.6) is 11.5 Å². The Balaban J connectivity index is 2.22. The Morgan fingerprint density at radius 1 is 1.31 bits per heavy atom. The summed E-state index contributed by atoms with van der Waals surface area (Å²) in [4.78, 5) is 37.0. The van der Waals surface area contributed by atoms with E-state index < -0.39 is 5.91 Å². The van der Waals surface area contributed by atoms with E-state index in [9.17, 15) is 14.4 Å². The first-order chi connectivity index (χ1) is 12.4. The molecular weight excluding hydrogens is 364 g/mol. The minimum atomic E-state index is -0.662. The van der Waals surface area contributed by atoms with Gasteiger partial charge in [0.05, 0.1) is 25.2 Å². The van der Waals surface area contributed by atoms with Crippen molar-refractivity contribution in [1.29, 1.82) is 0 Å². The summed E-state index contributed by atoms with van der Waals surface area (Å²) >= 11 is 6.18. The summed E-state index contributed by atoms with van der Waals surface area (Å²) in [7, 11) is 2.73. The van der Waals surface area contributed by atoms with E-state index in [0.717, 1.165) is 0 Å². The molecule has 1 aliphatic rings. The molecule has 0 spiro atoms. The maximum atomic E-state index is 12.8. The number of halogens is 1. The number of hydrogen-bond donors (Lipinski definition) is 1. The van der Waals surface area contributed by atoms with E-state index in [4.69, 9.17) is 31.5 Å². The summed E-state index contributed by atoms with van der Waals surface area (Å²) in [5, 5.41) is 0.121. The molecule has 142 valence electrons. The van der Waals surface area contributed by atoms with Crippen molar-refractivity contribution in [3.8, 4) is 11.5 Å². The van der Waals surface area contributed by atoms with Gasteiger partial charge in [0.2, 0.25) is 0 Å². The highest BCUT2D eigenvalue weighted by Gasteiger charge is 2.30. The van der Waals surface area contributed by atoms with E-state index >= 15 is 0 Å². The summed E-state index contributed by atoms with van der Waals surface area (Å²) in [6.07, 6.45) is 1.39. The van der Waals surface area contributed by atoms with Crippen LogP contribution in [0.2, 0.25) is 5.02 Å². The van der Waals surface area contributed by atoms with Gasteiger partial charge >= 0.3 is 5.97 Å². The zero-order valence-corrected chi connectivity index (χ0v) is 15.4. The molecule has 0 aromatic heterocycles. The Labute approximate surface area is 156 Å². The molecule has 1 fully saturated rings. The largest absolute Gasteiger partial charge is 0.493 e. The van der Waals surface area contributed by atoms with Crippen LogP contribution in [0.3, 0.4) is 0 Å². The van der Waals surface area contributed by atoms with Crippen molar-refractivity contribution >= 4 is 29.4 Å². The van der Waals surface area contributed by atoms with E-state index in [1.807, 2.05) is 0 Å². The predicted octanol–water partition coefficient (Wildman–Crippen LogP) is 1.24. The second-order valence-electron chi connectivity index (χ2n) is 5.86. The number of primary amides is 1. The molecule has 0 aliphatic carbocycles. The van der Waals surface area contributed by atoms with Crippen LogP contribution in [0.4, 0.5) is 0 Å². The van der Waals surface area contributed by atoms with Gasteiger partial charge in [-0.2, -0.15) is 0 Å². The van der Waals surface area contributed by atoms with Gasteiger partial charge in [-0.25, -0.2) is 0 Å². The minimum Gasteiger partial charge on any atom is -0.493 e. The number of ether oxygens (including phenoxy) is 3. The monoisotopic (exact) mass is 384 g/mol. The van der Waals surface area contributed by atoms with Crippen molar-refractivity contribution in [3.05, 3.63) is 22.7 Å². The number of nitrogens with zero attached hydrogens (tertiary/aromatic N) is 1. The molecule has 8 nitrogen and oxygen atoms in total. The lowest BCUT2D eigenvalue weighted by molar-refractivity contribution is -0.146. The number of piperidine rings is 1. The van der Waals surface area contributed by atoms with Crippen LogP contribution >= 0.6 is 11.6 Å². The Bertz CT molecular complexity index is 709. The van der Waals surface area contributed by atoms with Crippen LogP contribution in [0.1, 0.15) is 23.2 Å².